The van der Waals surface area contributed by atoms with E-state index in [1.54, 1.807) is 5.57 Å². The van der Waals surface area contributed by atoms with Gasteiger partial charge in [0.05, 0.1) is 7.11 Å². The second-order valence-electron chi connectivity index (χ2n) is 9.80. The molecule has 1 aromatic carbocycles. The van der Waals surface area contributed by atoms with Crippen molar-refractivity contribution in [2.45, 2.75) is 58.9 Å². The van der Waals surface area contributed by atoms with Gasteiger partial charge in [0.1, 0.15) is 11.5 Å². The average Bonchev–Trinajstić information content (AvgIpc) is 2.56. The van der Waals surface area contributed by atoms with Gasteiger partial charge < -0.3 is 9.16 Å². The van der Waals surface area contributed by atoms with Gasteiger partial charge in [-0.25, -0.2) is 0 Å². The van der Waals surface area contributed by atoms with Crippen LogP contribution in [0.3, 0.4) is 0 Å². The van der Waals surface area contributed by atoms with Gasteiger partial charge in [-0.2, -0.15) is 0 Å². The van der Waals surface area contributed by atoms with Crippen molar-refractivity contribution >= 4 is 15.5 Å². The summed E-state index contributed by atoms with van der Waals surface area (Å²) in [6.07, 6.45) is 7.04. The van der Waals surface area contributed by atoms with Crippen LogP contribution in [-0.4, -0.2) is 16.9 Å². The molecule has 4 fully saturated rings. The van der Waals surface area contributed by atoms with Crippen LogP contribution in [-0.2, 0) is 4.74 Å². The first kappa shape index (κ1) is 18.2. The van der Waals surface area contributed by atoms with Gasteiger partial charge >= 0.3 is 9.76 Å². The molecular weight excluding hydrogens is 336 g/mol. The standard InChI is InChI=1S/C23H32O2Si/c1-23(2,3)14-26-25-20-7-5-6-17(13-20)22(24-4)21-18-9-15-8-16(11-18)12-19(21)10-15/h5-7,13,15-16,18-19H,8-12,14H2,1-4H3. The van der Waals surface area contributed by atoms with E-state index in [1.807, 2.05) is 7.11 Å². The van der Waals surface area contributed by atoms with Crippen molar-refractivity contribution in [3.8, 4) is 5.75 Å². The van der Waals surface area contributed by atoms with Crippen LogP contribution < -0.4 is 4.43 Å². The van der Waals surface area contributed by atoms with Crippen LogP contribution in [0.2, 0.25) is 6.04 Å². The number of hydrogen-bond acceptors (Lipinski definition) is 2. The van der Waals surface area contributed by atoms with E-state index in [0.717, 1.165) is 41.2 Å². The summed E-state index contributed by atoms with van der Waals surface area (Å²) in [5, 5.41) is 0. The average molecular weight is 369 g/mol. The molecule has 0 amide bonds. The maximum atomic E-state index is 6.07. The number of benzene rings is 1. The normalized spacial score (nSPS) is 29.8. The number of hydrogen-bond donors (Lipinski definition) is 0. The molecule has 0 spiro atoms. The zero-order valence-electron chi connectivity index (χ0n) is 16.7. The van der Waals surface area contributed by atoms with Gasteiger partial charge in [0.15, 0.2) is 0 Å². The van der Waals surface area contributed by atoms with Crippen LogP contribution in [0, 0.1) is 29.1 Å². The summed E-state index contributed by atoms with van der Waals surface area (Å²) in [5.41, 5.74) is 3.14. The number of ether oxygens (including phenoxy) is 1. The van der Waals surface area contributed by atoms with Gasteiger partial charge in [-0.3, -0.25) is 0 Å². The molecule has 0 unspecified atom stereocenters. The van der Waals surface area contributed by atoms with E-state index >= 15 is 0 Å². The number of allylic oxidation sites excluding steroid dienone is 1. The molecule has 140 valence electrons. The Morgan fingerprint density at radius 2 is 1.69 bits per heavy atom. The highest BCUT2D eigenvalue weighted by Crippen LogP contribution is 2.57. The van der Waals surface area contributed by atoms with E-state index in [4.69, 9.17) is 9.16 Å². The quantitative estimate of drug-likeness (QED) is 0.471. The van der Waals surface area contributed by atoms with Crippen LogP contribution in [0.15, 0.2) is 29.8 Å². The Balaban J connectivity index is 1.56. The lowest BCUT2D eigenvalue weighted by Crippen LogP contribution is -2.40. The third kappa shape index (κ3) is 3.74. The van der Waals surface area contributed by atoms with Crippen molar-refractivity contribution < 1.29 is 9.16 Å². The van der Waals surface area contributed by atoms with Gasteiger partial charge in [0.25, 0.3) is 0 Å². The first-order chi connectivity index (χ1) is 12.4. The van der Waals surface area contributed by atoms with E-state index < -0.39 is 0 Å². The molecule has 0 N–H and O–H groups in total. The molecule has 26 heavy (non-hydrogen) atoms. The highest BCUT2D eigenvalue weighted by molar-refractivity contribution is 6.28. The van der Waals surface area contributed by atoms with Gasteiger partial charge in [0.2, 0.25) is 0 Å². The smallest absolute Gasteiger partial charge is 0.311 e. The van der Waals surface area contributed by atoms with Crippen molar-refractivity contribution in [1.29, 1.82) is 0 Å². The molecule has 0 aliphatic heterocycles. The maximum absolute atomic E-state index is 6.07. The SMILES string of the molecule is COC(=C1C2CC3CC(C2)CC1C3)c1cccc(O[Si]CC(C)(C)C)c1. The molecular formula is C23H32O2Si. The minimum atomic E-state index is 0.316. The largest absolute Gasteiger partial charge is 0.541 e. The Morgan fingerprint density at radius 1 is 1.04 bits per heavy atom. The summed E-state index contributed by atoms with van der Waals surface area (Å²) in [4.78, 5) is 0. The summed E-state index contributed by atoms with van der Waals surface area (Å²) in [5.74, 6) is 5.59. The molecule has 2 nitrogen and oxygen atoms in total. The molecule has 4 aliphatic rings. The molecule has 0 atom stereocenters. The van der Waals surface area contributed by atoms with Crippen LogP contribution in [0.1, 0.15) is 58.4 Å². The first-order valence-corrected chi connectivity index (χ1v) is 11.3. The van der Waals surface area contributed by atoms with Crippen LogP contribution in [0.5, 0.6) is 5.75 Å². The monoisotopic (exact) mass is 368 g/mol. The van der Waals surface area contributed by atoms with Gasteiger partial charge in [-0.05, 0) is 84.9 Å². The van der Waals surface area contributed by atoms with Gasteiger partial charge in [-0.15, -0.1) is 0 Å². The molecule has 2 radical (unpaired) electrons. The molecule has 3 heteroatoms. The molecule has 1 aromatic rings. The van der Waals surface area contributed by atoms with Crippen LogP contribution >= 0.6 is 0 Å². The second-order valence-corrected chi connectivity index (χ2v) is 10.7. The Kier molecular flexibility index (Phi) is 4.94. The van der Waals surface area contributed by atoms with Crippen molar-refractivity contribution in [3.05, 3.63) is 35.4 Å². The summed E-state index contributed by atoms with van der Waals surface area (Å²) >= 11 is 0. The lowest BCUT2D eigenvalue weighted by Gasteiger charge is -2.51. The summed E-state index contributed by atoms with van der Waals surface area (Å²) in [6, 6.07) is 9.65. The van der Waals surface area contributed by atoms with Crippen molar-refractivity contribution in [3.63, 3.8) is 0 Å². The highest BCUT2D eigenvalue weighted by atomic mass is 28.2. The van der Waals surface area contributed by atoms with Crippen molar-refractivity contribution in [2.75, 3.05) is 7.11 Å². The molecule has 0 heterocycles. The molecule has 4 saturated carbocycles. The van der Waals surface area contributed by atoms with Gasteiger partial charge in [-0.1, -0.05) is 32.9 Å². The minimum Gasteiger partial charge on any atom is -0.541 e. The lowest BCUT2D eigenvalue weighted by molar-refractivity contribution is 0.0675. The van der Waals surface area contributed by atoms with E-state index in [1.165, 1.54) is 37.7 Å². The van der Waals surface area contributed by atoms with E-state index in [-0.39, 0.29) is 0 Å². The Hall–Kier alpha value is -1.22. The summed E-state index contributed by atoms with van der Waals surface area (Å²) < 4.78 is 12.1. The number of methoxy groups -OCH3 is 1. The Labute approximate surface area is 161 Å². The molecule has 0 aromatic heterocycles. The zero-order valence-corrected chi connectivity index (χ0v) is 17.7. The summed E-state index contributed by atoms with van der Waals surface area (Å²) in [7, 11) is 2.35. The predicted molar refractivity (Wildman–Crippen MR) is 108 cm³/mol. The third-order valence-corrected chi connectivity index (χ3v) is 7.96. The first-order valence-electron chi connectivity index (χ1n) is 10.2. The molecule has 4 aliphatic carbocycles. The molecule has 0 saturated heterocycles. The van der Waals surface area contributed by atoms with Crippen molar-refractivity contribution in [2.24, 2.45) is 29.1 Å². The fourth-order valence-electron chi connectivity index (χ4n) is 5.50. The van der Waals surface area contributed by atoms with Crippen LogP contribution in [0.4, 0.5) is 0 Å². The van der Waals surface area contributed by atoms with E-state index in [2.05, 4.69) is 45.0 Å². The minimum absolute atomic E-state index is 0.316. The fourth-order valence-corrected chi connectivity index (χ4v) is 6.30. The van der Waals surface area contributed by atoms with Crippen LogP contribution in [0.25, 0.3) is 5.76 Å². The Bertz CT molecular complexity index is 656. The lowest BCUT2D eigenvalue weighted by atomic mass is 9.54. The number of rotatable bonds is 5. The topological polar surface area (TPSA) is 18.5 Å². The fraction of sp³-hybridized carbons (Fsp3) is 0.652. The molecule has 5 rings (SSSR count). The molecule has 4 bridgehead atoms. The van der Waals surface area contributed by atoms with E-state index in [0.29, 0.717) is 15.2 Å². The Morgan fingerprint density at radius 3 is 2.27 bits per heavy atom. The predicted octanol–water partition coefficient (Wildman–Crippen LogP) is 5.96. The highest BCUT2D eigenvalue weighted by Gasteiger charge is 2.46. The second kappa shape index (κ2) is 7.07. The van der Waals surface area contributed by atoms with Gasteiger partial charge in [0, 0.05) is 5.56 Å². The third-order valence-electron chi connectivity index (χ3n) is 6.37. The zero-order chi connectivity index (χ0) is 18.3. The summed E-state index contributed by atoms with van der Waals surface area (Å²) in [6.45, 7) is 6.79. The maximum Gasteiger partial charge on any atom is 0.311 e. The van der Waals surface area contributed by atoms with E-state index in [9.17, 15) is 0 Å². The van der Waals surface area contributed by atoms with Crippen molar-refractivity contribution in [1.82, 2.24) is 0 Å².